The van der Waals surface area contributed by atoms with Gasteiger partial charge in [-0.15, -0.1) is 0 Å². The average Bonchev–Trinajstić information content (AvgIpc) is 2.92. The molecule has 200 valence electrons. The van der Waals surface area contributed by atoms with Crippen molar-refractivity contribution in [1.82, 2.24) is 9.21 Å². The monoisotopic (exact) mass is 537 g/mol. The molecule has 1 atom stereocenters. The number of benzene rings is 3. The van der Waals surface area contributed by atoms with E-state index in [-0.39, 0.29) is 23.2 Å². The Morgan fingerprint density at radius 3 is 2.11 bits per heavy atom. The summed E-state index contributed by atoms with van der Waals surface area (Å²) in [4.78, 5) is 25.9. The predicted molar refractivity (Wildman–Crippen MR) is 144 cm³/mol. The number of hydrogen-bond donors (Lipinski definition) is 2. The largest absolute Gasteiger partial charge is 0.491 e. The lowest BCUT2D eigenvalue weighted by atomic mass is 10.0. The Hall–Kier alpha value is -3.57. The van der Waals surface area contributed by atoms with Gasteiger partial charge in [-0.2, -0.15) is 4.31 Å². The van der Waals surface area contributed by atoms with Gasteiger partial charge < -0.3 is 15.2 Å². The van der Waals surface area contributed by atoms with Gasteiger partial charge in [-0.3, -0.25) is 14.5 Å². The van der Waals surface area contributed by atoms with E-state index in [2.05, 4.69) is 5.32 Å². The first-order valence-corrected chi connectivity index (χ1v) is 13.8. The minimum atomic E-state index is -3.65. The number of nitrogens with zero attached hydrogens (tertiary/aromatic N) is 2. The zero-order valence-electron chi connectivity index (χ0n) is 21.1. The van der Waals surface area contributed by atoms with E-state index in [0.29, 0.717) is 55.3 Å². The molecule has 1 amide bonds. The summed E-state index contributed by atoms with van der Waals surface area (Å²) in [5.74, 6) is 0.256. The maximum absolute atomic E-state index is 13.0. The number of ketones is 1. The van der Waals surface area contributed by atoms with Gasteiger partial charge in [0.15, 0.2) is 5.78 Å². The molecular weight excluding hydrogens is 506 g/mol. The highest BCUT2D eigenvalue weighted by Crippen LogP contribution is 2.20. The lowest BCUT2D eigenvalue weighted by molar-refractivity contribution is -0.114. The van der Waals surface area contributed by atoms with Crippen molar-refractivity contribution in [3.8, 4) is 5.75 Å². The van der Waals surface area contributed by atoms with Gasteiger partial charge in [-0.05, 0) is 48.5 Å². The van der Waals surface area contributed by atoms with Crippen molar-refractivity contribution in [3.63, 3.8) is 0 Å². The van der Waals surface area contributed by atoms with E-state index in [0.717, 1.165) is 0 Å². The molecule has 1 saturated heterocycles. The summed E-state index contributed by atoms with van der Waals surface area (Å²) in [7, 11) is -3.65. The lowest BCUT2D eigenvalue weighted by Crippen LogP contribution is -2.50. The van der Waals surface area contributed by atoms with Gasteiger partial charge in [0.2, 0.25) is 15.9 Å². The second-order valence-electron chi connectivity index (χ2n) is 9.09. The van der Waals surface area contributed by atoms with Gasteiger partial charge in [0.1, 0.15) is 18.5 Å². The molecule has 38 heavy (non-hydrogen) atoms. The van der Waals surface area contributed by atoms with Gasteiger partial charge in [0, 0.05) is 56.5 Å². The van der Waals surface area contributed by atoms with Crippen LogP contribution in [-0.4, -0.2) is 79.9 Å². The number of piperazine rings is 1. The molecule has 1 heterocycles. The van der Waals surface area contributed by atoms with Crippen LogP contribution in [0.15, 0.2) is 83.8 Å². The summed E-state index contributed by atoms with van der Waals surface area (Å²) in [5.41, 5.74) is 1.71. The molecule has 0 unspecified atom stereocenters. The smallest absolute Gasteiger partial charge is 0.243 e. The highest BCUT2D eigenvalue weighted by Gasteiger charge is 2.29. The summed E-state index contributed by atoms with van der Waals surface area (Å²) in [6.07, 6.45) is -0.759. The summed E-state index contributed by atoms with van der Waals surface area (Å²) in [6, 6.07) is 21.9. The molecule has 0 aliphatic carbocycles. The van der Waals surface area contributed by atoms with Gasteiger partial charge in [-0.25, -0.2) is 8.42 Å². The first-order valence-electron chi connectivity index (χ1n) is 12.3. The van der Waals surface area contributed by atoms with Crippen LogP contribution in [-0.2, 0) is 14.8 Å². The van der Waals surface area contributed by atoms with Crippen LogP contribution in [0.2, 0.25) is 0 Å². The number of sulfonamides is 1. The molecule has 10 heteroatoms. The van der Waals surface area contributed by atoms with Crippen LogP contribution in [0.3, 0.4) is 0 Å². The molecule has 0 bridgehead atoms. The number of anilines is 1. The van der Waals surface area contributed by atoms with Crippen molar-refractivity contribution in [2.75, 3.05) is 44.6 Å². The third-order valence-electron chi connectivity index (χ3n) is 6.21. The molecule has 0 aromatic heterocycles. The van der Waals surface area contributed by atoms with E-state index in [1.165, 1.54) is 23.4 Å². The third-order valence-corrected chi connectivity index (χ3v) is 8.12. The van der Waals surface area contributed by atoms with Crippen LogP contribution >= 0.6 is 0 Å². The number of hydrogen-bond acceptors (Lipinski definition) is 7. The van der Waals surface area contributed by atoms with Crippen LogP contribution in [0.25, 0.3) is 0 Å². The second kappa shape index (κ2) is 12.3. The van der Waals surface area contributed by atoms with E-state index < -0.39 is 16.1 Å². The SMILES string of the molecule is CC(=O)Nc1ccc(S(=O)(=O)N2CCN(C[C@@H](O)COc3ccc(C(=O)c4ccccc4)cc3)CC2)cc1. The van der Waals surface area contributed by atoms with Gasteiger partial charge in [0.05, 0.1) is 4.90 Å². The first kappa shape index (κ1) is 27.5. The number of aliphatic hydroxyl groups excluding tert-OH is 1. The molecule has 0 radical (unpaired) electrons. The first-order chi connectivity index (χ1) is 18.2. The molecule has 4 rings (SSSR count). The molecule has 1 fully saturated rings. The summed E-state index contributed by atoms with van der Waals surface area (Å²) < 4.78 is 33.1. The topological polar surface area (TPSA) is 116 Å². The van der Waals surface area contributed by atoms with E-state index in [1.54, 1.807) is 48.5 Å². The molecule has 9 nitrogen and oxygen atoms in total. The lowest BCUT2D eigenvalue weighted by Gasteiger charge is -2.34. The van der Waals surface area contributed by atoms with E-state index in [9.17, 15) is 23.1 Å². The molecular formula is C28H31N3O6S. The fourth-order valence-corrected chi connectivity index (χ4v) is 5.64. The number of carbonyl (C=O) groups is 2. The summed E-state index contributed by atoms with van der Waals surface area (Å²) in [5, 5.41) is 13.1. The Kier molecular flexibility index (Phi) is 8.90. The Balaban J connectivity index is 1.22. The van der Waals surface area contributed by atoms with Crippen molar-refractivity contribution in [1.29, 1.82) is 0 Å². The van der Waals surface area contributed by atoms with E-state index >= 15 is 0 Å². The molecule has 0 saturated carbocycles. The number of aliphatic hydroxyl groups is 1. The van der Waals surface area contributed by atoms with Gasteiger partial charge in [-0.1, -0.05) is 30.3 Å². The third kappa shape index (κ3) is 7.05. The molecule has 0 spiro atoms. The number of β-amino-alcohol motifs (C(OH)–C–C–N with tert-alkyl or cyclic N) is 1. The highest BCUT2D eigenvalue weighted by atomic mass is 32.2. The fourth-order valence-electron chi connectivity index (χ4n) is 4.22. The Bertz CT molecular complexity index is 1340. The fraction of sp³-hybridized carbons (Fsp3) is 0.286. The molecule has 3 aromatic rings. The quantitative estimate of drug-likeness (QED) is 0.382. The zero-order valence-corrected chi connectivity index (χ0v) is 21.9. The minimum absolute atomic E-state index is 0.0691. The number of nitrogens with one attached hydrogen (secondary N) is 1. The Labute approximate surface area is 222 Å². The maximum atomic E-state index is 13.0. The number of ether oxygens (including phenoxy) is 1. The van der Waals surface area contributed by atoms with Crippen molar-refractivity contribution in [3.05, 3.63) is 90.0 Å². The zero-order chi connectivity index (χ0) is 27.1. The van der Waals surface area contributed by atoms with Crippen LogP contribution < -0.4 is 10.1 Å². The highest BCUT2D eigenvalue weighted by molar-refractivity contribution is 7.89. The van der Waals surface area contributed by atoms with Gasteiger partial charge >= 0.3 is 0 Å². The summed E-state index contributed by atoms with van der Waals surface area (Å²) in [6.45, 7) is 3.39. The standard InChI is InChI=1S/C28H31N3O6S/c1-21(32)29-24-9-13-27(14-10-24)38(35,36)31-17-15-30(16-18-31)19-25(33)20-37-26-11-7-23(8-12-26)28(34)22-5-3-2-4-6-22/h2-14,25,33H,15-20H2,1H3,(H,29,32)/t25-/m1/s1. The predicted octanol–water partition coefficient (Wildman–Crippen LogP) is 2.62. The normalized spacial score (nSPS) is 15.5. The number of rotatable bonds is 10. The van der Waals surface area contributed by atoms with Crippen LogP contribution in [0.1, 0.15) is 22.8 Å². The van der Waals surface area contributed by atoms with Gasteiger partial charge in [0.25, 0.3) is 0 Å². The molecule has 1 aliphatic heterocycles. The van der Waals surface area contributed by atoms with Crippen molar-refractivity contribution < 1.29 is 27.9 Å². The van der Waals surface area contributed by atoms with Crippen molar-refractivity contribution in [2.45, 2.75) is 17.9 Å². The van der Waals surface area contributed by atoms with Crippen molar-refractivity contribution >= 4 is 27.4 Å². The van der Waals surface area contributed by atoms with Crippen molar-refractivity contribution in [2.24, 2.45) is 0 Å². The maximum Gasteiger partial charge on any atom is 0.243 e. The molecule has 1 aliphatic rings. The van der Waals surface area contributed by atoms with Crippen LogP contribution in [0.4, 0.5) is 5.69 Å². The van der Waals surface area contributed by atoms with Crippen LogP contribution in [0, 0.1) is 0 Å². The van der Waals surface area contributed by atoms with E-state index in [1.807, 2.05) is 23.1 Å². The molecule has 3 aromatic carbocycles. The average molecular weight is 538 g/mol. The number of amides is 1. The van der Waals surface area contributed by atoms with E-state index in [4.69, 9.17) is 4.74 Å². The minimum Gasteiger partial charge on any atom is -0.491 e. The summed E-state index contributed by atoms with van der Waals surface area (Å²) >= 11 is 0. The molecule has 2 N–H and O–H groups in total. The van der Waals surface area contributed by atoms with Crippen LogP contribution in [0.5, 0.6) is 5.75 Å². The Morgan fingerprint density at radius 2 is 1.50 bits per heavy atom. The second-order valence-corrected chi connectivity index (χ2v) is 11.0. The number of carbonyl (C=O) groups excluding carboxylic acids is 2. The Morgan fingerprint density at radius 1 is 0.895 bits per heavy atom.